The highest BCUT2D eigenvalue weighted by Gasteiger charge is 2.37. The molecule has 0 aliphatic rings. The number of benzene rings is 1. The number of nitrogens with two attached hydrogens (primary N) is 1. The average molecular weight is 393 g/mol. The van der Waals surface area contributed by atoms with Crippen molar-refractivity contribution < 1.29 is 14.0 Å². The van der Waals surface area contributed by atoms with Gasteiger partial charge < -0.3 is 15.5 Å². The smallest absolute Gasteiger partial charge is 0.251 e. The van der Waals surface area contributed by atoms with Crippen molar-refractivity contribution >= 4 is 20.1 Å². The standard InChI is InChI=1S/C21H36N2O3Si/c1-20(2,3)16-11-9-15(10-12-16)19(25)23-17(18(22)24)13-14-26-27(7,8)21(4,5)6/h9-12,17H,13-14H2,1-8H3,(H2,22,24)(H,23,25)/t17-/m0/s1. The predicted molar refractivity (Wildman–Crippen MR) is 113 cm³/mol. The topological polar surface area (TPSA) is 81.4 Å². The van der Waals surface area contributed by atoms with Crippen LogP contribution in [0.5, 0.6) is 0 Å². The molecule has 5 nitrogen and oxygen atoms in total. The van der Waals surface area contributed by atoms with Crippen LogP contribution in [0.1, 0.15) is 63.9 Å². The van der Waals surface area contributed by atoms with Gasteiger partial charge in [0.25, 0.3) is 5.91 Å². The lowest BCUT2D eigenvalue weighted by Crippen LogP contribution is -2.47. The highest BCUT2D eigenvalue weighted by molar-refractivity contribution is 6.74. The van der Waals surface area contributed by atoms with Crippen LogP contribution in [0.25, 0.3) is 0 Å². The van der Waals surface area contributed by atoms with E-state index in [0.29, 0.717) is 18.6 Å². The van der Waals surface area contributed by atoms with Gasteiger partial charge in [-0.25, -0.2) is 0 Å². The van der Waals surface area contributed by atoms with E-state index in [2.05, 4.69) is 60.0 Å². The first kappa shape index (κ1) is 23.4. The maximum absolute atomic E-state index is 12.5. The fourth-order valence-electron chi connectivity index (χ4n) is 2.30. The van der Waals surface area contributed by atoms with Crippen molar-refractivity contribution in [2.24, 2.45) is 5.73 Å². The van der Waals surface area contributed by atoms with Crippen molar-refractivity contribution in [1.82, 2.24) is 5.32 Å². The summed E-state index contributed by atoms with van der Waals surface area (Å²) in [5.41, 5.74) is 7.16. The van der Waals surface area contributed by atoms with Crippen molar-refractivity contribution in [2.75, 3.05) is 6.61 Å². The van der Waals surface area contributed by atoms with Crippen molar-refractivity contribution in [1.29, 1.82) is 0 Å². The largest absolute Gasteiger partial charge is 0.417 e. The zero-order chi connectivity index (χ0) is 21.0. The minimum absolute atomic E-state index is 0.0197. The molecule has 0 aliphatic carbocycles. The Kier molecular flexibility index (Phi) is 7.42. The summed E-state index contributed by atoms with van der Waals surface area (Å²) >= 11 is 0. The molecule has 3 N–H and O–H groups in total. The minimum Gasteiger partial charge on any atom is -0.417 e. The Morgan fingerprint density at radius 2 is 1.59 bits per heavy atom. The first-order chi connectivity index (χ1) is 12.1. The van der Waals surface area contributed by atoms with Gasteiger partial charge in [0.05, 0.1) is 0 Å². The average Bonchev–Trinajstić information content (AvgIpc) is 2.51. The number of rotatable bonds is 7. The molecule has 1 rings (SSSR count). The molecule has 0 unspecified atom stereocenters. The van der Waals surface area contributed by atoms with Gasteiger partial charge in [0.2, 0.25) is 5.91 Å². The second-order valence-electron chi connectivity index (χ2n) is 9.65. The number of hydrogen-bond donors (Lipinski definition) is 2. The molecular weight excluding hydrogens is 356 g/mol. The van der Waals surface area contributed by atoms with Gasteiger partial charge >= 0.3 is 0 Å². The number of hydrogen-bond acceptors (Lipinski definition) is 3. The third-order valence-corrected chi connectivity index (χ3v) is 9.88. The molecule has 0 heterocycles. The highest BCUT2D eigenvalue weighted by Crippen LogP contribution is 2.36. The van der Waals surface area contributed by atoms with E-state index in [0.717, 1.165) is 5.56 Å². The summed E-state index contributed by atoms with van der Waals surface area (Å²) in [6.45, 7) is 17.5. The van der Waals surface area contributed by atoms with Gasteiger partial charge in [-0.15, -0.1) is 0 Å². The third kappa shape index (κ3) is 6.77. The van der Waals surface area contributed by atoms with Crippen molar-refractivity contribution in [3.8, 4) is 0 Å². The molecule has 1 aromatic rings. The van der Waals surface area contributed by atoms with Crippen LogP contribution in [0.3, 0.4) is 0 Å². The molecular formula is C21H36N2O3Si. The Hall–Kier alpha value is -1.66. The number of carbonyl (C=O) groups excluding carboxylic acids is 2. The first-order valence-corrected chi connectivity index (χ1v) is 12.4. The van der Waals surface area contributed by atoms with Gasteiger partial charge in [0, 0.05) is 12.2 Å². The second-order valence-corrected chi connectivity index (χ2v) is 14.5. The molecule has 0 aromatic heterocycles. The lowest BCUT2D eigenvalue weighted by Gasteiger charge is -2.36. The van der Waals surface area contributed by atoms with E-state index < -0.39 is 20.3 Å². The number of amides is 2. The zero-order valence-corrected chi connectivity index (χ0v) is 19.1. The van der Waals surface area contributed by atoms with Gasteiger partial charge in [-0.05, 0) is 47.7 Å². The molecule has 27 heavy (non-hydrogen) atoms. The van der Waals surface area contributed by atoms with Crippen LogP contribution in [0.4, 0.5) is 0 Å². The molecule has 0 saturated carbocycles. The molecule has 1 atom stereocenters. The molecule has 2 amide bonds. The summed E-state index contributed by atoms with van der Waals surface area (Å²) in [4.78, 5) is 24.3. The van der Waals surface area contributed by atoms with Gasteiger partial charge in [0.1, 0.15) is 6.04 Å². The Morgan fingerprint density at radius 3 is 2.00 bits per heavy atom. The van der Waals surface area contributed by atoms with Crippen molar-refractivity contribution in [3.05, 3.63) is 35.4 Å². The number of primary amides is 1. The van der Waals surface area contributed by atoms with Gasteiger partial charge in [0.15, 0.2) is 8.32 Å². The van der Waals surface area contributed by atoms with Crippen LogP contribution < -0.4 is 11.1 Å². The maximum atomic E-state index is 12.5. The normalized spacial score (nSPS) is 13.9. The SMILES string of the molecule is CC(C)(C)c1ccc(C(=O)N[C@@H](CCO[Si](C)(C)C(C)(C)C)C(N)=O)cc1. The fraction of sp³-hybridized carbons (Fsp3) is 0.619. The molecule has 0 aliphatic heterocycles. The second kappa shape index (κ2) is 8.57. The van der Waals surface area contributed by atoms with E-state index in [4.69, 9.17) is 10.2 Å². The summed E-state index contributed by atoms with van der Waals surface area (Å²) in [6, 6.07) is 6.69. The summed E-state index contributed by atoms with van der Waals surface area (Å²) < 4.78 is 6.09. The Morgan fingerprint density at radius 1 is 1.07 bits per heavy atom. The Balaban J connectivity index is 2.72. The van der Waals surface area contributed by atoms with Crippen LogP contribution in [0.15, 0.2) is 24.3 Å². The molecule has 152 valence electrons. The van der Waals surface area contributed by atoms with Crippen LogP contribution in [0, 0.1) is 0 Å². The van der Waals surface area contributed by atoms with Crippen molar-refractivity contribution in [2.45, 2.75) is 77.6 Å². The van der Waals surface area contributed by atoms with E-state index in [1.54, 1.807) is 12.1 Å². The van der Waals surface area contributed by atoms with Gasteiger partial charge in [-0.1, -0.05) is 53.7 Å². The number of carbonyl (C=O) groups is 2. The lowest BCUT2D eigenvalue weighted by atomic mass is 9.86. The lowest BCUT2D eigenvalue weighted by molar-refractivity contribution is -0.120. The molecule has 0 radical (unpaired) electrons. The van der Waals surface area contributed by atoms with Gasteiger partial charge in [-0.2, -0.15) is 0 Å². The Bertz CT molecular complexity index is 655. The third-order valence-electron chi connectivity index (χ3n) is 5.34. The zero-order valence-electron chi connectivity index (χ0n) is 18.1. The molecule has 0 spiro atoms. The minimum atomic E-state index is -1.90. The molecule has 6 heteroatoms. The van der Waals surface area contributed by atoms with Crippen LogP contribution in [-0.4, -0.2) is 32.8 Å². The molecule has 0 bridgehead atoms. The van der Waals surface area contributed by atoms with Crippen LogP contribution in [0.2, 0.25) is 18.1 Å². The summed E-state index contributed by atoms with van der Waals surface area (Å²) in [7, 11) is -1.90. The molecule has 0 fully saturated rings. The van der Waals surface area contributed by atoms with E-state index in [1.807, 2.05) is 12.1 Å². The highest BCUT2D eigenvalue weighted by atomic mass is 28.4. The summed E-state index contributed by atoms with van der Waals surface area (Å²) in [5.74, 6) is -0.847. The van der Waals surface area contributed by atoms with Crippen molar-refractivity contribution in [3.63, 3.8) is 0 Å². The van der Waals surface area contributed by atoms with E-state index in [-0.39, 0.29) is 16.4 Å². The Labute approximate surface area is 165 Å². The maximum Gasteiger partial charge on any atom is 0.251 e. The quantitative estimate of drug-likeness (QED) is 0.689. The van der Waals surface area contributed by atoms with E-state index in [9.17, 15) is 9.59 Å². The van der Waals surface area contributed by atoms with Gasteiger partial charge in [-0.3, -0.25) is 9.59 Å². The fourth-order valence-corrected chi connectivity index (χ4v) is 3.36. The molecule has 0 saturated heterocycles. The summed E-state index contributed by atoms with van der Waals surface area (Å²) in [6.07, 6.45) is 0.369. The number of nitrogens with one attached hydrogen (secondary N) is 1. The molecule has 1 aromatic carbocycles. The van der Waals surface area contributed by atoms with Crippen LogP contribution in [-0.2, 0) is 14.6 Å². The first-order valence-electron chi connectivity index (χ1n) is 9.50. The summed E-state index contributed by atoms with van der Waals surface area (Å²) in [5, 5.41) is 2.83. The monoisotopic (exact) mass is 392 g/mol. The predicted octanol–water partition coefficient (Wildman–Crippen LogP) is 3.98. The van der Waals surface area contributed by atoms with Crippen LogP contribution >= 0.6 is 0 Å². The van der Waals surface area contributed by atoms with E-state index in [1.165, 1.54) is 0 Å². The van der Waals surface area contributed by atoms with E-state index >= 15 is 0 Å².